The van der Waals surface area contributed by atoms with Gasteiger partial charge < -0.3 is 56.8 Å². The number of rotatable bonds is 18. The van der Waals surface area contributed by atoms with Crippen molar-refractivity contribution in [2.75, 3.05) is 83.4 Å². The first-order valence-corrected chi connectivity index (χ1v) is 26.2. The van der Waals surface area contributed by atoms with E-state index in [4.69, 9.17) is 56.8 Å². The first-order chi connectivity index (χ1) is 36.2. The maximum Gasteiger partial charge on any atom is 0.147 e. The summed E-state index contributed by atoms with van der Waals surface area (Å²) in [5.74, 6) is 0. The van der Waals surface area contributed by atoms with Crippen LogP contribution >= 0.6 is 0 Å². The Kier molecular flexibility index (Phi) is 16.1. The summed E-state index contributed by atoms with van der Waals surface area (Å²) in [4.78, 5) is 0. The van der Waals surface area contributed by atoms with Crippen molar-refractivity contribution in [3.63, 3.8) is 0 Å². The third-order valence-electron chi connectivity index (χ3n) is 17.3. The van der Waals surface area contributed by atoms with Crippen molar-refractivity contribution in [1.82, 2.24) is 0 Å². The number of hydrogen-bond acceptors (Lipinski definition) is 12. The van der Waals surface area contributed by atoms with E-state index in [1.165, 1.54) is 0 Å². The summed E-state index contributed by atoms with van der Waals surface area (Å²) in [7, 11) is 10.1. The lowest BCUT2D eigenvalue weighted by Crippen LogP contribution is -2.44. The smallest absolute Gasteiger partial charge is 0.147 e. The molecule has 22 rings (SSSR count). The Labute approximate surface area is 436 Å². The molecule has 14 bridgehead atoms. The van der Waals surface area contributed by atoms with Gasteiger partial charge in [-0.15, -0.1) is 0 Å². The van der Waals surface area contributed by atoms with Crippen molar-refractivity contribution >= 4 is 21.5 Å². The van der Waals surface area contributed by atoms with Crippen molar-refractivity contribution in [3.8, 4) is 11.1 Å². The van der Waals surface area contributed by atoms with E-state index in [0.29, 0.717) is 77.0 Å². The predicted octanol–water partition coefficient (Wildman–Crippen LogP) is 12.7. The Morgan fingerprint density at radius 3 is 0.716 bits per heavy atom. The van der Waals surface area contributed by atoms with E-state index in [1.807, 2.05) is 0 Å². The molecule has 3 fully saturated rings. The van der Waals surface area contributed by atoms with Gasteiger partial charge in [0.1, 0.15) is 40.8 Å². The Morgan fingerprint density at radius 2 is 0.473 bits per heavy atom. The Bertz CT molecular complexity index is 2610. The number of benzene rings is 6. The largest absolute Gasteiger partial charge is 0.359 e. The summed E-state index contributed by atoms with van der Waals surface area (Å²) < 4.78 is 75.0. The van der Waals surface area contributed by atoms with Crippen LogP contribution in [0.1, 0.15) is 110 Å². The summed E-state index contributed by atoms with van der Waals surface area (Å²) in [5.41, 5.74) is 5.12. The van der Waals surface area contributed by atoms with Gasteiger partial charge in [0.2, 0.25) is 0 Å². The van der Waals surface area contributed by atoms with Gasteiger partial charge in [-0.3, -0.25) is 0 Å². The molecule has 0 N–H and O–H groups in total. The molecule has 3 saturated carbocycles. The molecule has 6 aromatic carbocycles. The molecule has 0 heterocycles. The van der Waals surface area contributed by atoms with Crippen LogP contribution < -0.4 is 0 Å². The molecular formula is C62H74O12. The fraction of sp³-hybridized carbons (Fsp3) is 0.484. The highest BCUT2D eigenvalue weighted by Crippen LogP contribution is 2.56. The summed E-state index contributed by atoms with van der Waals surface area (Å²) in [5, 5.41) is 4.61. The molecule has 0 spiro atoms. The lowest BCUT2D eigenvalue weighted by molar-refractivity contribution is -0.204. The molecular weight excluding hydrogens is 937 g/mol. The van der Waals surface area contributed by atoms with E-state index < -0.39 is 33.6 Å². The maximum absolute atomic E-state index is 6.95. The van der Waals surface area contributed by atoms with Crippen LogP contribution in [0, 0.1) is 0 Å². The Balaban J connectivity index is 1.14. The first kappa shape index (κ1) is 52.8. The van der Waals surface area contributed by atoms with E-state index in [1.54, 1.807) is 42.7 Å². The molecule has 12 heteroatoms. The van der Waals surface area contributed by atoms with Gasteiger partial charge in [0.05, 0.1) is 33.6 Å². The monoisotopic (exact) mass is 1010 g/mol. The molecule has 394 valence electrons. The molecule has 16 aliphatic rings. The van der Waals surface area contributed by atoms with Gasteiger partial charge in [-0.2, -0.15) is 0 Å². The molecule has 0 aliphatic heterocycles. The maximum atomic E-state index is 6.95. The van der Waals surface area contributed by atoms with Crippen LogP contribution in [0.4, 0.5) is 0 Å². The topological polar surface area (TPSA) is 111 Å². The number of methoxy groups -OCH3 is 6. The Morgan fingerprint density at radius 1 is 0.257 bits per heavy atom. The van der Waals surface area contributed by atoms with Crippen LogP contribution in [0.5, 0.6) is 0 Å². The van der Waals surface area contributed by atoms with Gasteiger partial charge in [-0.25, -0.2) is 0 Å². The highest BCUT2D eigenvalue weighted by atomic mass is 16.7. The SMILES string of the molecule is COCOC12CCC(OCOC)(CC1)c1ccc(cc1)C1(OCOC)CCC(OCOC)(CC1)c1ccc(c3ccccc13)-c1ccc(c3ccccc13)C1(OCOC)CCC(OCOC)(CC1)c1ccc2cc1. The zero-order valence-corrected chi connectivity index (χ0v) is 44.2. The molecule has 12 nitrogen and oxygen atoms in total. The first-order valence-electron chi connectivity index (χ1n) is 26.2. The van der Waals surface area contributed by atoms with Crippen LogP contribution in [0.15, 0.2) is 121 Å². The normalized spacial score (nSPS) is 27.7. The highest BCUT2D eigenvalue weighted by Gasteiger charge is 2.51. The third-order valence-corrected chi connectivity index (χ3v) is 17.3. The lowest BCUT2D eigenvalue weighted by Gasteiger charge is -2.48. The lowest BCUT2D eigenvalue weighted by atomic mass is 9.67. The van der Waals surface area contributed by atoms with E-state index in [2.05, 4.69) is 121 Å². The minimum Gasteiger partial charge on any atom is -0.359 e. The highest BCUT2D eigenvalue weighted by molar-refractivity contribution is 6.07. The average molecular weight is 1010 g/mol. The zero-order valence-electron chi connectivity index (χ0n) is 44.2. The second kappa shape index (κ2) is 22.5. The summed E-state index contributed by atoms with van der Waals surface area (Å²) >= 11 is 0. The summed E-state index contributed by atoms with van der Waals surface area (Å²) in [6.07, 6.45) is 8.30. The summed E-state index contributed by atoms with van der Waals surface area (Å²) in [6, 6.07) is 44.5. The molecule has 0 radical (unpaired) electrons. The molecule has 0 saturated heterocycles. The van der Waals surface area contributed by atoms with Crippen molar-refractivity contribution in [2.45, 2.75) is 111 Å². The van der Waals surface area contributed by atoms with Crippen LogP contribution in [0.3, 0.4) is 0 Å². The van der Waals surface area contributed by atoms with Crippen LogP contribution in [-0.2, 0) is 90.4 Å². The molecule has 0 unspecified atom stereocenters. The molecule has 16 aliphatic carbocycles. The van der Waals surface area contributed by atoms with Gasteiger partial charge >= 0.3 is 0 Å². The van der Waals surface area contributed by atoms with Gasteiger partial charge in [-0.1, -0.05) is 121 Å². The number of hydrogen-bond donors (Lipinski definition) is 0. The molecule has 0 aromatic heterocycles. The van der Waals surface area contributed by atoms with Gasteiger partial charge in [0.25, 0.3) is 0 Å². The van der Waals surface area contributed by atoms with Crippen molar-refractivity contribution in [2.24, 2.45) is 0 Å². The van der Waals surface area contributed by atoms with E-state index in [0.717, 1.165) is 66.1 Å². The second-order valence-electron chi connectivity index (χ2n) is 20.8. The average Bonchev–Trinajstić information content (AvgIpc) is 3.46. The third kappa shape index (κ3) is 9.65. The van der Waals surface area contributed by atoms with E-state index in [9.17, 15) is 0 Å². The fourth-order valence-electron chi connectivity index (χ4n) is 13.3. The quantitative estimate of drug-likeness (QED) is 0.0764. The van der Waals surface area contributed by atoms with Crippen LogP contribution in [-0.4, -0.2) is 83.4 Å². The standard InChI is InChI=1S/C62H74O12/c1-63-39-69-57-27-29-58(30-28-57,70-40-64-2)46-17-21-48(22-18-46)60(72-42-66-4)33-37-62(38-34-60,74-44-68-6)56-26-24-52(50-12-8-10-14-54(50)56)51-23-25-55(53-13-9-7-11-49(51)53)61(73-43-67-5)35-31-59(32-36-61,71-41-65-3)47-19-15-45(57)16-20-47/h7-26H,27-44H2,1-6H3. The van der Waals surface area contributed by atoms with Crippen molar-refractivity contribution < 1.29 is 56.8 Å². The second-order valence-corrected chi connectivity index (χ2v) is 20.8. The fourth-order valence-corrected chi connectivity index (χ4v) is 13.3. The van der Waals surface area contributed by atoms with Crippen molar-refractivity contribution in [3.05, 3.63) is 155 Å². The van der Waals surface area contributed by atoms with Gasteiger partial charge in [0.15, 0.2) is 0 Å². The zero-order chi connectivity index (χ0) is 51.3. The van der Waals surface area contributed by atoms with Crippen LogP contribution in [0.25, 0.3) is 32.7 Å². The van der Waals surface area contributed by atoms with E-state index in [-0.39, 0.29) is 40.8 Å². The minimum absolute atomic E-state index is 0.155. The minimum atomic E-state index is -0.658. The molecule has 6 aromatic rings. The van der Waals surface area contributed by atoms with Gasteiger partial charge in [0, 0.05) is 42.7 Å². The van der Waals surface area contributed by atoms with Crippen molar-refractivity contribution in [1.29, 1.82) is 0 Å². The van der Waals surface area contributed by atoms with E-state index >= 15 is 0 Å². The number of ether oxygens (including phenoxy) is 12. The Hall–Kier alpha value is -4.64. The van der Waals surface area contributed by atoms with Crippen LogP contribution in [0.2, 0.25) is 0 Å². The molecule has 74 heavy (non-hydrogen) atoms. The van der Waals surface area contributed by atoms with Gasteiger partial charge in [-0.05, 0) is 143 Å². The molecule has 0 amide bonds. The molecule has 0 atom stereocenters. The predicted molar refractivity (Wildman–Crippen MR) is 283 cm³/mol. The summed E-state index contributed by atoms with van der Waals surface area (Å²) in [6.45, 7) is 0.939.